The number of aromatic nitrogens is 1. The van der Waals surface area contributed by atoms with Crippen LogP contribution in [0.15, 0.2) is 46.9 Å². The molecule has 0 amide bonds. The Morgan fingerprint density at radius 2 is 1.93 bits per heavy atom. The Bertz CT molecular complexity index is 1020. The van der Waals surface area contributed by atoms with E-state index in [0.29, 0.717) is 5.01 Å². The number of anilines is 1. The lowest BCUT2D eigenvalue weighted by molar-refractivity contribution is 0.415. The van der Waals surface area contributed by atoms with Crippen LogP contribution in [-0.4, -0.2) is 17.8 Å². The molecule has 1 aromatic heterocycles. The Morgan fingerprint density at radius 1 is 1.19 bits per heavy atom. The lowest BCUT2D eigenvalue weighted by atomic mass is 10.1. The summed E-state index contributed by atoms with van der Waals surface area (Å²) in [6, 6.07) is 14.0. The molecular weight excluding hydrogens is 356 g/mol. The van der Waals surface area contributed by atoms with E-state index in [1.807, 2.05) is 43.5 Å². The molecule has 0 aliphatic carbocycles. The van der Waals surface area contributed by atoms with Crippen molar-refractivity contribution in [3.8, 4) is 23.1 Å². The fraction of sp³-hybridized carbons (Fsp3) is 0.190. The standard InChI is InChI=1S/C21H20N4OS/c1-13-8-14(2)20(15(3)9-13)25-24-18(11-22)21-23-19(12-27-21)16-6-5-7-17(10-16)26-4/h5-10,12,25H,1-4H3/b24-18+. The molecule has 0 spiro atoms. The molecule has 0 unspecified atom stereocenters. The Morgan fingerprint density at radius 3 is 2.59 bits per heavy atom. The molecule has 1 N–H and O–H groups in total. The minimum Gasteiger partial charge on any atom is -0.497 e. The van der Waals surface area contributed by atoms with Crippen LogP contribution in [0.4, 0.5) is 5.69 Å². The third kappa shape index (κ3) is 4.15. The predicted octanol–water partition coefficient (Wildman–Crippen LogP) is 5.08. The van der Waals surface area contributed by atoms with Crippen molar-refractivity contribution in [2.24, 2.45) is 5.10 Å². The summed E-state index contributed by atoms with van der Waals surface area (Å²) in [5, 5.41) is 16.3. The molecule has 3 rings (SSSR count). The van der Waals surface area contributed by atoms with E-state index in [4.69, 9.17) is 4.74 Å². The van der Waals surface area contributed by atoms with Gasteiger partial charge in [-0.1, -0.05) is 29.8 Å². The molecule has 27 heavy (non-hydrogen) atoms. The number of hydrazone groups is 1. The average Bonchev–Trinajstić information content (AvgIpc) is 3.14. The van der Waals surface area contributed by atoms with Crippen LogP contribution in [0.25, 0.3) is 11.3 Å². The summed E-state index contributed by atoms with van der Waals surface area (Å²) in [5.74, 6) is 0.767. The van der Waals surface area contributed by atoms with E-state index in [1.165, 1.54) is 16.9 Å². The molecule has 0 atom stereocenters. The number of nitrogens with one attached hydrogen (secondary N) is 1. The number of nitriles is 1. The lowest BCUT2D eigenvalue weighted by Crippen LogP contribution is -2.03. The second kappa shape index (κ2) is 8.02. The van der Waals surface area contributed by atoms with E-state index in [1.54, 1.807) is 7.11 Å². The van der Waals surface area contributed by atoms with Gasteiger partial charge in [-0.2, -0.15) is 10.4 Å². The maximum Gasteiger partial charge on any atom is 0.196 e. The molecule has 0 aliphatic rings. The first-order valence-electron chi connectivity index (χ1n) is 8.43. The summed E-state index contributed by atoms with van der Waals surface area (Å²) in [7, 11) is 1.63. The van der Waals surface area contributed by atoms with E-state index >= 15 is 0 Å². The van der Waals surface area contributed by atoms with Gasteiger partial charge >= 0.3 is 0 Å². The fourth-order valence-corrected chi connectivity index (χ4v) is 3.65. The van der Waals surface area contributed by atoms with E-state index < -0.39 is 0 Å². The number of benzene rings is 2. The topological polar surface area (TPSA) is 70.3 Å². The Labute approximate surface area is 163 Å². The highest BCUT2D eigenvalue weighted by Gasteiger charge is 2.12. The van der Waals surface area contributed by atoms with Crippen LogP contribution in [0.3, 0.4) is 0 Å². The number of methoxy groups -OCH3 is 1. The molecule has 5 nitrogen and oxygen atoms in total. The highest BCUT2D eigenvalue weighted by atomic mass is 32.1. The van der Waals surface area contributed by atoms with Crippen molar-refractivity contribution in [1.82, 2.24) is 4.98 Å². The van der Waals surface area contributed by atoms with Crippen molar-refractivity contribution < 1.29 is 4.74 Å². The number of hydrogen-bond acceptors (Lipinski definition) is 6. The van der Waals surface area contributed by atoms with Gasteiger partial charge in [0, 0.05) is 10.9 Å². The minimum atomic E-state index is 0.258. The van der Waals surface area contributed by atoms with E-state index in [9.17, 15) is 5.26 Å². The summed E-state index contributed by atoms with van der Waals surface area (Å²) >= 11 is 1.39. The van der Waals surface area contributed by atoms with Crippen LogP contribution < -0.4 is 10.2 Å². The van der Waals surface area contributed by atoms with Gasteiger partial charge in [0.25, 0.3) is 0 Å². The summed E-state index contributed by atoms with van der Waals surface area (Å²) in [5.41, 5.74) is 9.31. The predicted molar refractivity (Wildman–Crippen MR) is 111 cm³/mol. The Kier molecular flexibility index (Phi) is 5.53. The van der Waals surface area contributed by atoms with Crippen LogP contribution in [-0.2, 0) is 0 Å². The SMILES string of the molecule is COc1cccc(-c2csc(/C(C#N)=N/Nc3c(C)cc(C)cc3C)n2)c1. The second-order valence-electron chi connectivity index (χ2n) is 6.23. The molecule has 0 fully saturated rings. The van der Waals surface area contributed by atoms with Gasteiger partial charge in [0.1, 0.15) is 11.8 Å². The first-order valence-corrected chi connectivity index (χ1v) is 9.31. The quantitative estimate of drug-likeness (QED) is 0.498. The van der Waals surface area contributed by atoms with Gasteiger partial charge < -0.3 is 4.74 Å². The Hall–Kier alpha value is -3.17. The van der Waals surface area contributed by atoms with Crippen LogP contribution in [0.2, 0.25) is 0 Å². The number of thiazole rings is 1. The zero-order valence-corrected chi connectivity index (χ0v) is 16.5. The summed E-state index contributed by atoms with van der Waals surface area (Å²) < 4.78 is 5.26. The van der Waals surface area contributed by atoms with E-state index in [0.717, 1.165) is 33.8 Å². The second-order valence-corrected chi connectivity index (χ2v) is 7.09. The van der Waals surface area contributed by atoms with Crippen molar-refractivity contribution in [2.45, 2.75) is 20.8 Å². The zero-order valence-electron chi connectivity index (χ0n) is 15.7. The molecule has 3 aromatic rings. The average molecular weight is 376 g/mol. The molecule has 0 saturated heterocycles. The van der Waals surface area contributed by atoms with Gasteiger partial charge in [-0.3, -0.25) is 5.43 Å². The van der Waals surface area contributed by atoms with Crippen LogP contribution in [0.5, 0.6) is 5.75 Å². The molecular formula is C21H20N4OS. The monoisotopic (exact) mass is 376 g/mol. The van der Waals surface area contributed by atoms with Crippen molar-refractivity contribution in [1.29, 1.82) is 5.26 Å². The van der Waals surface area contributed by atoms with Gasteiger partial charge in [-0.25, -0.2) is 4.98 Å². The summed E-state index contributed by atoms with van der Waals surface area (Å²) in [6.07, 6.45) is 0. The van der Waals surface area contributed by atoms with E-state index in [2.05, 4.69) is 40.6 Å². The molecule has 0 radical (unpaired) electrons. The van der Waals surface area contributed by atoms with Crippen molar-refractivity contribution in [3.63, 3.8) is 0 Å². The number of aryl methyl sites for hydroxylation is 3. The maximum absolute atomic E-state index is 9.53. The highest BCUT2D eigenvalue weighted by molar-refractivity contribution is 7.12. The summed E-state index contributed by atoms with van der Waals surface area (Å²) in [6.45, 7) is 6.10. The van der Waals surface area contributed by atoms with Gasteiger partial charge in [-0.05, 0) is 44.0 Å². The number of rotatable bonds is 5. The number of hydrogen-bond donors (Lipinski definition) is 1. The largest absolute Gasteiger partial charge is 0.497 e. The van der Waals surface area contributed by atoms with Crippen LogP contribution >= 0.6 is 11.3 Å². The first-order chi connectivity index (χ1) is 13.0. The third-order valence-corrected chi connectivity index (χ3v) is 4.98. The molecule has 1 heterocycles. The molecule has 2 aromatic carbocycles. The van der Waals surface area contributed by atoms with Gasteiger partial charge in [0.2, 0.25) is 0 Å². The van der Waals surface area contributed by atoms with Crippen LogP contribution in [0.1, 0.15) is 21.7 Å². The molecule has 6 heteroatoms. The van der Waals surface area contributed by atoms with Gasteiger partial charge in [-0.15, -0.1) is 11.3 Å². The number of ether oxygens (including phenoxy) is 1. The van der Waals surface area contributed by atoms with Crippen molar-refractivity contribution in [3.05, 3.63) is 63.5 Å². The van der Waals surface area contributed by atoms with Crippen molar-refractivity contribution in [2.75, 3.05) is 12.5 Å². The first kappa shape index (κ1) is 18.6. The number of nitrogens with zero attached hydrogens (tertiary/aromatic N) is 3. The smallest absolute Gasteiger partial charge is 0.196 e. The molecule has 0 aliphatic heterocycles. The van der Waals surface area contributed by atoms with Crippen LogP contribution in [0, 0.1) is 32.1 Å². The maximum atomic E-state index is 9.53. The lowest BCUT2D eigenvalue weighted by Gasteiger charge is -2.10. The molecule has 0 saturated carbocycles. The van der Waals surface area contributed by atoms with Gasteiger partial charge in [0.05, 0.1) is 18.5 Å². The highest BCUT2D eigenvalue weighted by Crippen LogP contribution is 2.26. The zero-order chi connectivity index (χ0) is 19.4. The normalized spacial score (nSPS) is 11.1. The minimum absolute atomic E-state index is 0.258. The summed E-state index contributed by atoms with van der Waals surface area (Å²) in [4.78, 5) is 4.57. The third-order valence-electron chi connectivity index (χ3n) is 4.13. The molecule has 0 bridgehead atoms. The fourth-order valence-electron chi connectivity index (χ4n) is 2.89. The Balaban J connectivity index is 1.88. The van der Waals surface area contributed by atoms with E-state index in [-0.39, 0.29) is 5.71 Å². The molecule has 136 valence electrons. The van der Waals surface area contributed by atoms with Crippen molar-refractivity contribution >= 4 is 22.7 Å². The van der Waals surface area contributed by atoms with Gasteiger partial charge in [0.15, 0.2) is 10.7 Å².